The second-order valence-corrected chi connectivity index (χ2v) is 3.90. The molecule has 0 aliphatic carbocycles. The van der Waals surface area contributed by atoms with E-state index in [0.29, 0.717) is 5.96 Å². The molecule has 0 aliphatic rings. The molecule has 0 heterocycles. The Kier molecular flexibility index (Phi) is 7.80. The average molecular weight is 236 g/mol. The van der Waals surface area contributed by atoms with Crippen LogP contribution in [0.2, 0.25) is 0 Å². The van der Waals surface area contributed by atoms with Crippen LogP contribution in [0.5, 0.6) is 0 Å². The van der Waals surface area contributed by atoms with Crippen LogP contribution in [0.15, 0.2) is 35.3 Å². The second-order valence-electron chi connectivity index (χ2n) is 3.90. The van der Waals surface area contributed by atoms with Crippen molar-refractivity contribution in [1.82, 2.24) is 4.90 Å². The van der Waals surface area contributed by atoms with Crippen LogP contribution in [0.1, 0.15) is 24.9 Å². The summed E-state index contributed by atoms with van der Waals surface area (Å²) in [6.45, 7) is 2.09. The highest BCUT2D eigenvalue weighted by Crippen LogP contribution is 2.11. The second kappa shape index (κ2) is 8.58. The fourth-order valence-corrected chi connectivity index (χ4v) is 1.14. The molecule has 0 aliphatic heterocycles. The quantitative estimate of drug-likeness (QED) is 0.605. The molecule has 0 saturated heterocycles. The molecule has 1 atom stereocenters. The molecule has 0 aromatic heterocycles. The highest BCUT2D eigenvalue weighted by atomic mass is 15.2. The first-order valence-corrected chi connectivity index (χ1v) is 5.73. The van der Waals surface area contributed by atoms with Crippen molar-refractivity contribution in [2.45, 2.75) is 19.4 Å². The lowest BCUT2D eigenvalue weighted by Gasteiger charge is -2.07. The van der Waals surface area contributed by atoms with Gasteiger partial charge in [0.05, 0.1) is 0 Å². The van der Waals surface area contributed by atoms with E-state index in [9.17, 15) is 0 Å². The summed E-state index contributed by atoms with van der Waals surface area (Å²) in [4.78, 5) is 5.46. The van der Waals surface area contributed by atoms with E-state index < -0.39 is 0 Å². The van der Waals surface area contributed by atoms with E-state index >= 15 is 0 Å². The molecule has 0 spiro atoms. The highest BCUT2D eigenvalue weighted by Gasteiger charge is 1.99. The third kappa shape index (κ3) is 6.58. The molecule has 0 amide bonds. The van der Waals surface area contributed by atoms with Crippen LogP contribution < -0.4 is 11.5 Å². The number of guanidine groups is 1. The lowest BCUT2D eigenvalue weighted by Crippen LogP contribution is -2.29. The molecule has 4 nitrogen and oxygen atoms in total. The molecule has 1 rings (SSSR count). The van der Waals surface area contributed by atoms with Gasteiger partial charge in [0.2, 0.25) is 0 Å². The lowest BCUT2D eigenvalue weighted by molar-refractivity contribution is 0.613. The first-order chi connectivity index (χ1) is 8.02. The van der Waals surface area contributed by atoms with Gasteiger partial charge in [-0.15, -0.1) is 0 Å². The fraction of sp³-hybridized carbons (Fsp3) is 0.462. The Labute approximate surface area is 104 Å². The lowest BCUT2D eigenvalue weighted by atomic mass is 10.1. The van der Waals surface area contributed by atoms with E-state index in [0.717, 1.165) is 6.42 Å². The number of hydrogen-bond donors (Lipinski definition) is 2. The number of benzene rings is 1. The summed E-state index contributed by atoms with van der Waals surface area (Å²) in [6, 6.07) is 10.4. The van der Waals surface area contributed by atoms with E-state index in [1.165, 1.54) is 5.56 Å². The first-order valence-electron chi connectivity index (χ1n) is 5.73. The maximum Gasteiger partial charge on any atom is 0.190 e. The zero-order valence-electron chi connectivity index (χ0n) is 11.2. The Hall–Kier alpha value is -1.55. The van der Waals surface area contributed by atoms with Crippen molar-refractivity contribution in [3.05, 3.63) is 35.9 Å². The van der Waals surface area contributed by atoms with Gasteiger partial charge < -0.3 is 16.4 Å². The minimum absolute atomic E-state index is 0.209. The third-order valence-electron chi connectivity index (χ3n) is 2.35. The van der Waals surface area contributed by atoms with Crippen molar-refractivity contribution >= 4 is 5.96 Å². The van der Waals surface area contributed by atoms with Gasteiger partial charge in [-0.3, -0.25) is 4.99 Å². The van der Waals surface area contributed by atoms with Crippen molar-refractivity contribution in [3.63, 3.8) is 0 Å². The summed E-state index contributed by atoms with van der Waals surface area (Å²) in [6.07, 6.45) is 1.00. The van der Waals surface area contributed by atoms with Gasteiger partial charge in [-0.05, 0) is 12.0 Å². The van der Waals surface area contributed by atoms with Crippen molar-refractivity contribution in [2.24, 2.45) is 16.5 Å². The van der Waals surface area contributed by atoms with Gasteiger partial charge in [0.25, 0.3) is 0 Å². The maximum absolute atomic E-state index is 5.79. The van der Waals surface area contributed by atoms with Crippen molar-refractivity contribution in [3.8, 4) is 0 Å². The van der Waals surface area contributed by atoms with E-state index in [1.54, 1.807) is 11.9 Å². The van der Waals surface area contributed by atoms with Gasteiger partial charge in [0, 0.05) is 27.2 Å². The van der Waals surface area contributed by atoms with E-state index in [2.05, 4.69) is 24.0 Å². The Morgan fingerprint density at radius 2 is 1.82 bits per heavy atom. The summed E-state index contributed by atoms with van der Waals surface area (Å²) in [7, 11) is 5.36. The SMILES string of the molecule is CCC(N)c1ccccc1.CN=C(N)N(C)C. The standard InChI is InChI=1S/C9H13N.C4H11N3/c1-2-9(10)8-6-4-3-5-7-8;1-6-4(5)7(2)3/h3-7,9H,2,10H2,1H3;1-3H3,(H2,5,6). The fourth-order valence-electron chi connectivity index (χ4n) is 1.14. The number of nitrogens with zero attached hydrogens (tertiary/aromatic N) is 2. The van der Waals surface area contributed by atoms with Crippen LogP contribution in [0.25, 0.3) is 0 Å². The van der Waals surface area contributed by atoms with E-state index in [1.807, 2.05) is 32.3 Å². The van der Waals surface area contributed by atoms with Gasteiger partial charge in [0.15, 0.2) is 5.96 Å². The van der Waals surface area contributed by atoms with Crippen molar-refractivity contribution in [1.29, 1.82) is 0 Å². The van der Waals surface area contributed by atoms with E-state index in [-0.39, 0.29) is 6.04 Å². The molecule has 1 aromatic carbocycles. The van der Waals surface area contributed by atoms with Crippen LogP contribution in [-0.2, 0) is 0 Å². The Morgan fingerprint density at radius 3 is 2.12 bits per heavy atom. The maximum atomic E-state index is 5.79. The molecule has 17 heavy (non-hydrogen) atoms. The Bertz CT molecular complexity index is 319. The summed E-state index contributed by atoms with van der Waals surface area (Å²) < 4.78 is 0. The zero-order valence-corrected chi connectivity index (χ0v) is 11.2. The number of aliphatic imine (C=N–C) groups is 1. The number of rotatable bonds is 2. The first kappa shape index (κ1) is 15.4. The largest absolute Gasteiger partial charge is 0.370 e. The summed E-state index contributed by atoms with van der Waals surface area (Å²) in [5.74, 6) is 0.556. The predicted octanol–water partition coefficient (Wildman–Crippen LogP) is 1.59. The van der Waals surface area contributed by atoms with Crippen molar-refractivity contribution < 1.29 is 0 Å². The molecule has 4 N–H and O–H groups in total. The summed E-state index contributed by atoms with van der Waals surface area (Å²) in [5, 5.41) is 0. The minimum Gasteiger partial charge on any atom is -0.370 e. The molecular weight excluding hydrogens is 212 g/mol. The molecular formula is C13H24N4. The Balaban J connectivity index is 0.000000325. The van der Waals surface area contributed by atoms with Crippen molar-refractivity contribution in [2.75, 3.05) is 21.1 Å². The molecule has 4 heteroatoms. The molecule has 0 saturated carbocycles. The predicted molar refractivity (Wildman–Crippen MR) is 74.9 cm³/mol. The van der Waals surface area contributed by atoms with Gasteiger partial charge in [-0.2, -0.15) is 0 Å². The molecule has 0 bridgehead atoms. The summed E-state index contributed by atoms with van der Waals surface area (Å²) >= 11 is 0. The summed E-state index contributed by atoms with van der Waals surface area (Å²) in [5.41, 5.74) is 12.3. The van der Waals surface area contributed by atoms with Gasteiger partial charge >= 0.3 is 0 Å². The van der Waals surface area contributed by atoms with Crippen LogP contribution in [0.3, 0.4) is 0 Å². The Morgan fingerprint density at radius 1 is 1.29 bits per heavy atom. The third-order valence-corrected chi connectivity index (χ3v) is 2.35. The molecule has 1 aromatic rings. The number of nitrogens with two attached hydrogens (primary N) is 2. The number of hydrogen-bond acceptors (Lipinski definition) is 2. The molecule has 0 fully saturated rings. The van der Waals surface area contributed by atoms with Gasteiger partial charge in [-0.1, -0.05) is 37.3 Å². The van der Waals surface area contributed by atoms with Crippen LogP contribution in [0.4, 0.5) is 0 Å². The van der Waals surface area contributed by atoms with Crippen LogP contribution in [-0.4, -0.2) is 32.0 Å². The van der Waals surface area contributed by atoms with Gasteiger partial charge in [0.1, 0.15) is 0 Å². The molecule has 1 unspecified atom stereocenters. The molecule has 96 valence electrons. The minimum atomic E-state index is 0.209. The smallest absolute Gasteiger partial charge is 0.190 e. The van der Waals surface area contributed by atoms with Crippen LogP contribution in [0, 0.1) is 0 Å². The normalized spacial score (nSPS) is 12.4. The highest BCUT2D eigenvalue weighted by molar-refractivity contribution is 5.77. The average Bonchev–Trinajstić information content (AvgIpc) is 2.38. The zero-order chi connectivity index (χ0) is 13.3. The van der Waals surface area contributed by atoms with Gasteiger partial charge in [-0.25, -0.2) is 0 Å². The monoisotopic (exact) mass is 236 g/mol. The topological polar surface area (TPSA) is 67.6 Å². The van der Waals surface area contributed by atoms with E-state index in [4.69, 9.17) is 11.5 Å². The van der Waals surface area contributed by atoms with Crippen LogP contribution >= 0.6 is 0 Å². The molecule has 0 radical (unpaired) electrons.